The van der Waals surface area contributed by atoms with E-state index < -0.39 is 12.0 Å². The lowest BCUT2D eigenvalue weighted by Crippen LogP contribution is -2.41. The van der Waals surface area contributed by atoms with Crippen LogP contribution in [0, 0.1) is 0 Å². The van der Waals surface area contributed by atoms with Gasteiger partial charge in [0.05, 0.1) is 7.11 Å². The molecule has 1 unspecified atom stereocenters. The van der Waals surface area contributed by atoms with Gasteiger partial charge in [-0.05, 0) is 26.3 Å². The Hall–Kier alpha value is -1.10. The normalized spacial score (nSPS) is 22.1. The SMILES string of the molecule is COC(=O)[C@@H](C)NC(=O)CC1CCCN1. The Morgan fingerprint density at radius 3 is 2.87 bits per heavy atom. The van der Waals surface area contributed by atoms with E-state index in [1.165, 1.54) is 7.11 Å². The summed E-state index contributed by atoms with van der Waals surface area (Å²) in [5.41, 5.74) is 0. The minimum atomic E-state index is -0.566. The Morgan fingerprint density at radius 2 is 2.33 bits per heavy atom. The van der Waals surface area contributed by atoms with Crippen LogP contribution >= 0.6 is 0 Å². The highest BCUT2D eigenvalue weighted by atomic mass is 16.5. The molecule has 0 bridgehead atoms. The van der Waals surface area contributed by atoms with Gasteiger partial charge in [-0.3, -0.25) is 4.79 Å². The molecule has 0 saturated carbocycles. The molecular formula is C10H18N2O3. The number of rotatable bonds is 4. The van der Waals surface area contributed by atoms with Crippen LogP contribution in [0.5, 0.6) is 0 Å². The first-order chi connectivity index (χ1) is 7.13. The Morgan fingerprint density at radius 1 is 1.60 bits per heavy atom. The second-order valence-corrected chi connectivity index (χ2v) is 3.81. The highest BCUT2D eigenvalue weighted by Crippen LogP contribution is 2.08. The molecule has 0 aromatic rings. The van der Waals surface area contributed by atoms with Crippen molar-refractivity contribution < 1.29 is 14.3 Å². The molecule has 1 saturated heterocycles. The predicted molar refractivity (Wildman–Crippen MR) is 55.3 cm³/mol. The molecule has 5 nitrogen and oxygen atoms in total. The van der Waals surface area contributed by atoms with Gasteiger partial charge in [0.25, 0.3) is 0 Å². The first kappa shape index (κ1) is 12.0. The molecule has 86 valence electrons. The molecule has 0 aliphatic carbocycles. The third-order valence-electron chi connectivity index (χ3n) is 2.53. The average molecular weight is 214 g/mol. The first-order valence-electron chi connectivity index (χ1n) is 5.24. The lowest BCUT2D eigenvalue weighted by molar-refractivity contribution is -0.144. The maximum absolute atomic E-state index is 11.5. The number of hydrogen-bond acceptors (Lipinski definition) is 4. The Balaban J connectivity index is 2.25. The third kappa shape index (κ3) is 3.87. The van der Waals surface area contributed by atoms with Gasteiger partial charge >= 0.3 is 5.97 Å². The number of amides is 1. The van der Waals surface area contributed by atoms with Crippen LogP contribution in [0.2, 0.25) is 0 Å². The van der Waals surface area contributed by atoms with Gasteiger partial charge in [-0.15, -0.1) is 0 Å². The van der Waals surface area contributed by atoms with Crippen molar-refractivity contribution in [2.45, 2.75) is 38.3 Å². The zero-order valence-corrected chi connectivity index (χ0v) is 9.21. The molecule has 0 spiro atoms. The summed E-state index contributed by atoms with van der Waals surface area (Å²) in [5.74, 6) is -0.518. The second kappa shape index (κ2) is 5.70. The topological polar surface area (TPSA) is 67.4 Å². The smallest absolute Gasteiger partial charge is 0.328 e. The molecule has 1 fully saturated rings. The van der Waals surface area contributed by atoms with Crippen molar-refractivity contribution in [3.8, 4) is 0 Å². The largest absolute Gasteiger partial charge is 0.467 e. The summed E-state index contributed by atoms with van der Waals surface area (Å²) < 4.78 is 4.51. The Kier molecular flexibility index (Phi) is 4.55. The van der Waals surface area contributed by atoms with Gasteiger partial charge in [0.2, 0.25) is 5.91 Å². The van der Waals surface area contributed by atoms with Crippen LogP contribution in [0.25, 0.3) is 0 Å². The van der Waals surface area contributed by atoms with Crippen molar-refractivity contribution in [1.82, 2.24) is 10.6 Å². The van der Waals surface area contributed by atoms with Crippen LogP contribution in [0.15, 0.2) is 0 Å². The maximum atomic E-state index is 11.5. The van der Waals surface area contributed by atoms with E-state index in [1.807, 2.05) is 0 Å². The number of carbonyl (C=O) groups is 2. The zero-order chi connectivity index (χ0) is 11.3. The number of ether oxygens (including phenoxy) is 1. The van der Waals surface area contributed by atoms with Crippen molar-refractivity contribution >= 4 is 11.9 Å². The van der Waals surface area contributed by atoms with Gasteiger partial charge in [-0.1, -0.05) is 0 Å². The van der Waals surface area contributed by atoms with Crippen molar-refractivity contribution in [1.29, 1.82) is 0 Å². The number of nitrogens with one attached hydrogen (secondary N) is 2. The number of methoxy groups -OCH3 is 1. The highest BCUT2D eigenvalue weighted by molar-refractivity contribution is 5.84. The quantitative estimate of drug-likeness (QED) is 0.636. The molecule has 2 atom stereocenters. The van der Waals surface area contributed by atoms with Crippen molar-refractivity contribution in [2.24, 2.45) is 0 Å². The van der Waals surface area contributed by atoms with E-state index in [-0.39, 0.29) is 11.9 Å². The van der Waals surface area contributed by atoms with Crippen LogP contribution in [-0.4, -0.2) is 37.6 Å². The summed E-state index contributed by atoms with van der Waals surface area (Å²) in [6.45, 7) is 2.59. The molecule has 1 aliphatic heterocycles. The predicted octanol–water partition coefficient (Wildman–Crippen LogP) is -0.194. The van der Waals surface area contributed by atoms with Crippen LogP contribution in [-0.2, 0) is 14.3 Å². The van der Waals surface area contributed by atoms with E-state index in [1.54, 1.807) is 6.92 Å². The average Bonchev–Trinajstić information content (AvgIpc) is 2.68. The molecule has 15 heavy (non-hydrogen) atoms. The molecule has 1 heterocycles. The fourth-order valence-electron chi connectivity index (χ4n) is 1.69. The van der Waals surface area contributed by atoms with Gasteiger partial charge in [0.15, 0.2) is 0 Å². The number of carbonyl (C=O) groups excluding carboxylic acids is 2. The lowest BCUT2D eigenvalue weighted by atomic mass is 10.1. The lowest BCUT2D eigenvalue weighted by Gasteiger charge is -2.14. The molecule has 0 aromatic carbocycles. The highest BCUT2D eigenvalue weighted by Gasteiger charge is 2.20. The summed E-state index contributed by atoms with van der Waals surface area (Å²) in [4.78, 5) is 22.5. The third-order valence-corrected chi connectivity index (χ3v) is 2.53. The van der Waals surface area contributed by atoms with Gasteiger partial charge < -0.3 is 15.4 Å². The Labute approximate surface area is 89.6 Å². The monoisotopic (exact) mass is 214 g/mol. The second-order valence-electron chi connectivity index (χ2n) is 3.81. The van der Waals surface area contributed by atoms with Gasteiger partial charge in [0.1, 0.15) is 6.04 Å². The van der Waals surface area contributed by atoms with Crippen molar-refractivity contribution in [3.05, 3.63) is 0 Å². The molecular weight excluding hydrogens is 196 g/mol. The maximum Gasteiger partial charge on any atom is 0.328 e. The standard InChI is InChI=1S/C10H18N2O3/c1-7(10(14)15-2)12-9(13)6-8-4-3-5-11-8/h7-8,11H,3-6H2,1-2H3,(H,12,13)/t7-,8?/m1/s1. The van der Waals surface area contributed by atoms with Crippen LogP contribution in [0.1, 0.15) is 26.2 Å². The molecule has 0 aromatic heterocycles. The number of esters is 1. The van der Waals surface area contributed by atoms with E-state index in [0.29, 0.717) is 6.42 Å². The molecule has 2 N–H and O–H groups in total. The molecule has 1 amide bonds. The fourth-order valence-corrected chi connectivity index (χ4v) is 1.69. The van der Waals surface area contributed by atoms with E-state index in [9.17, 15) is 9.59 Å². The Bertz CT molecular complexity index is 237. The summed E-state index contributed by atoms with van der Waals surface area (Å²) in [5, 5.41) is 5.83. The minimum Gasteiger partial charge on any atom is -0.467 e. The molecule has 0 radical (unpaired) electrons. The van der Waals surface area contributed by atoms with Crippen LogP contribution in [0.4, 0.5) is 0 Å². The fraction of sp³-hybridized carbons (Fsp3) is 0.800. The number of hydrogen-bond donors (Lipinski definition) is 2. The minimum absolute atomic E-state index is 0.104. The summed E-state index contributed by atoms with van der Waals surface area (Å²) >= 11 is 0. The molecule has 5 heteroatoms. The summed E-state index contributed by atoms with van der Waals surface area (Å²) in [6.07, 6.45) is 2.58. The summed E-state index contributed by atoms with van der Waals surface area (Å²) in [6, 6.07) is -0.307. The van der Waals surface area contributed by atoms with Crippen molar-refractivity contribution in [2.75, 3.05) is 13.7 Å². The van der Waals surface area contributed by atoms with Crippen molar-refractivity contribution in [3.63, 3.8) is 0 Å². The molecule has 1 aliphatic rings. The summed E-state index contributed by atoms with van der Waals surface area (Å²) in [7, 11) is 1.31. The first-order valence-corrected chi connectivity index (χ1v) is 5.24. The van der Waals surface area contributed by atoms with Gasteiger partial charge in [-0.2, -0.15) is 0 Å². The van der Waals surface area contributed by atoms with Gasteiger partial charge in [0, 0.05) is 12.5 Å². The molecule has 1 rings (SSSR count). The van der Waals surface area contributed by atoms with Gasteiger partial charge in [-0.25, -0.2) is 4.79 Å². The van der Waals surface area contributed by atoms with Crippen LogP contribution < -0.4 is 10.6 Å². The van der Waals surface area contributed by atoms with E-state index in [0.717, 1.165) is 19.4 Å². The zero-order valence-electron chi connectivity index (χ0n) is 9.21. The van der Waals surface area contributed by atoms with E-state index in [2.05, 4.69) is 15.4 Å². The van der Waals surface area contributed by atoms with E-state index >= 15 is 0 Å². The van der Waals surface area contributed by atoms with E-state index in [4.69, 9.17) is 0 Å². The van der Waals surface area contributed by atoms with Crippen LogP contribution in [0.3, 0.4) is 0 Å².